The Hall–Kier alpha value is -0.770. The van der Waals surface area contributed by atoms with Crippen LogP contribution in [0.15, 0.2) is 4.99 Å². The molecule has 0 aromatic carbocycles. The molecule has 0 aromatic heterocycles. The van der Waals surface area contributed by atoms with Gasteiger partial charge in [0.2, 0.25) is 0 Å². The molecule has 2 N–H and O–H groups in total. The van der Waals surface area contributed by atoms with Crippen LogP contribution >= 0.6 is 24.0 Å². The van der Waals surface area contributed by atoms with Crippen LogP contribution in [0.4, 0.5) is 4.79 Å². The summed E-state index contributed by atoms with van der Waals surface area (Å²) < 4.78 is 5.03. The van der Waals surface area contributed by atoms with Crippen LogP contribution < -0.4 is 10.6 Å². The molecule has 0 saturated carbocycles. The predicted molar refractivity (Wildman–Crippen MR) is 105 cm³/mol. The summed E-state index contributed by atoms with van der Waals surface area (Å²) >= 11 is 0. The Labute approximate surface area is 157 Å². The molecule has 0 unspecified atom stereocenters. The van der Waals surface area contributed by atoms with Crippen molar-refractivity contribution >= 4 is 36.0 Å². The summed E-state index contributed by atoms with van der Waals surface area (Å²) in [5.41, 5.74) is 0. The van der Waals surface area contributed by atoms with Gasteiger partial charge < -0.3 is 25.2 Å². The summed E-state index contributed by atoms with van der Waals surface area (Å²) in [5, 5.41) is 6.77. The number of nitrogens with zero attached hydrogens (tertiary/aromatic N) is 3. The van der Waals surface area contributed by atoms with Gasteiger partial charge in [-0.05, 0) is 46.8 Å². The van der Waals surface area contributed by atoms with E-state index in [1.54, 1.807) is 11.9 Å². The number of rotatable bonds is 6. The first-order valence-electron chi connectivity index (χ1n) is 8.10. The van der Waals surface area contributed by atoms with Crippen LogP contribution in [0.3, 0.4) is 0 Å². The number of hydrogen-bond donors (Lipinski definition) is 2. The first-order valence-corrected chi connectivity index (χ1v) is 8.10. The molecule has 0 bridgehead atoms. The number of piperidine rings is 1. The van der Waals surface area contributed by atoms with Gasteiger partial charge in [-0.25, -0.2) is 4.79 Å². The van der Waals surface area contributed by atoms with E-state index < -0.39 is 0 Å². The van der Waals surface area contributed by atoms with Crippen molar-refractivity contribution < 1.29 is 9.53 Å². The molecule has 0 radical (unpaired) electrons. The summed E-state index contributed by atoms with van der Waals surface area (Å²) in [5.74, 6) is 0.841. The van der Waals surface area contributed by atoms with E-state index in [2.05, 4.69) is 34.6 Å². The zero-order valence-corrected chi connectivity index (χ0v) is 17.1. The average Bonchev–Trinajstić information content (AvgIpc) is 2.51. The summed E-state index contributed by atoms with van der Waals surface area (Å²) in [4.78, 5) is 19.9. The average molecular weight is 441 g/mol. The Balaban J connectivity index is 0.00000484. The molecule has 1 heterocycles. The number of hydrogen-bond acceptors (Lipinski definition) is 4. The van der Waals surface area contributed by atoms with Crippen molar-refractivity contribution in [3.05, 3.63) is 0 Å². The number of halogens is 1. The number of aliphatic imine (C=N–C) groups is 1. The Morgan fingerprint density at radius 1 is 1.35 bits per heavy atom. The molecule has 23 heavy (non-hydrogen) atoms. The van der Waals surface area contributed by atoms with E-state index in [1.807, 2.05) is 6.92 Å². The van der Waals surface area contributed by atoms with Crippen LogP contribution in [0.5, 0.6) is 0 Å². The first kappa shape index (κ1) is 22.2. The lowest BCUT2D eigenvalue weighted by Crippen LogP contribution is -2.50. The quantitative estimate of drug-likeness (QED) is 0.282. The topological polar surface area (TPSA) is 69.2 Å². The van der Waals surface area contributed by atoms with Crippen molar-refractivity contribution in [1.29, 1.82) is 0 Å². The van der Waals surface area contributed by atoms with E-state index in [4.69, 9.17) is 4.74 Å². The smallest absolute Gasteiger partial charge is 0.409 e. The minimum absolute atomic E-state index is 0. The lowest BCUT2D eigenvalue weighted by Gasteiger charge is -2.32. The molecule has 1 amide bonds. The zero-order chi connectivity index (χ0) is 16.4. The maximum Gasteiger partial charge on any atom is 0.409 e. The number of ether oxygens (including phenoxy) is 1. The van der Waals surface area contributed by atoms with Crippen LogP contribution in [-0.2, 0) is 4.74 Å². The molecule has 1 fully saturated rings. The summed E-state index contributed by atoms with van der Waals surface area (Å²) in [6.07, 6.45) is 2.70. The highest BCUT2D eigenvalue weighted by molar-refractivity contribution is 14.0. The zero-order valence-electron chi connectivity index (χ0n) is 14.8. The van der Waals surface area contributed by atoms with Gasteiger partial charge in [0.25, 0.3) is 0 Å². The van der Waals surface area contributed by atoms with E-state index >= 15 is 0 Å². The fraction of sp³-hybridized carbons (Fsp3) is 0.867. The maximum atomic E-state index is 11.7. The van der Waals surface area contributed by atoms with Crippen LogP contribution in [0.2, 0.25) is 0 Å². The molecule has 1 aliphatic heterocycles. The molecule has 0 aliphatic carbocycles. The molecule has 1 rings (SSSR count). The number of carbonyl (C=O) groups is 1. The molecule has 8 heteroatoms. The normalized spacial score (nSPS) is 16.0. The Morgan fingerprint density at radius 2 is 2.00 bits per heavy atom. The summed E-state index contributed by atoms with van der Waals surface area (Å²) in [6, 6.07) is 0.353. The molecule has 0 spiro atoms. The lowest BCUT2D eigenvalue weighted by molar-refractivity contribution is 0.0963. The largest absolute Gasteiger partial charge is 0.450 e. The molecule has 1 saturated heterocycles. The minimum Gasteiger partial charge on any atom is -0.450 e. The molecule has 7 nitrogen and oxygen atoms in total. The first-order chi connectivity index (χ1) is 10.6. The Morgan fingerprint density at radius 3 is 2.52 bits per heavy atom. The SMILES string of the molecule is CCOC(=O)N1CCC(NC(=NC)NCCCN(C)C)CC1.I. The number of amides is 1. The highest BCUT2D eigenvalue weighted by Crippen LogP contribution is 2.11. The van der Waals surface area contributed by atoms with Crippen molar-refractivity contribution in [1.82, 2.24) is 20.4 Å². The third-order valence-electron chi connectivity index (χ3n) is 3.66. The minimum atomic E-state index is -0.202. The fourth-order valence-corrected chi connectivity index (χ4v) is 2.41. The van der Waals surface area contributed by atoms with E-state index in [1.165, 1.54) is 0 Å². The van der Waals surface area contributed by atoms with Gasteiger partial charge in [0, 0.05) is 32.7 Å². The second-order valence-electron chi connectivity index (χ2n) is 5.76. The number of guanidine groups is 1. The number of likely N-dealkylation sites (tertiary alicyclic amines) is 1. The van der Waals surface area contributed by atoms with Crippen LogP contribution in [0.25, 0.3) is 0 Å². The summed E-state index contributed by atoms with van der Waals surface area (Å²) in [6.45, 7) is 5.68. The van der Waals surface area contributed by atoms with Crippen LogP contribution in [-0.4, -0.2) is 81.8 Å². The third-order valence-corrected chi connectivity index (χ3v) is 3.66. The van der Waals surface area contributed by atoms with E-state index in [0.29, 0.717) is 12.6 Å². The Kier molecular flexibility index (Phi) is 12.2. The van der Waals surface area contributed by atoms with Gasteiger partial charge in [-0.15, -0.1) is 24.0 Å². The monoisotopic (exact) mass is 441 g/mol. The second-order valence-corrected chi connectivity index (χ2v) is 5.76. The van der Waals surface area contributed by atoms with E-state index in [0.717, 1.165) is 51.4 Å². The molecule has 0 aromatic rings. The van der Waals surface area contributed by atoms with Gasteiger partial charge in [-0.1, -0.05) is 0 Å². The predicted octanol–water partition coefficient (Wildman–Crippen LogP) is 1.34. The maximum absolute atomic E-state index is 11.7. The number of nitrogens with one attached hydrogen (secondary N) is 2. The highest BCUT2D eigenvalue weighted by Gasteiger charge is 2.23. The van der Waals surface area contributed by atoms with Gasteiger partial charge in [0.05, 0.1) is 6.61 Å². The van der Waals surface area contributed by atoms with Gasteiger partial charge in [0.15, 0.2) is 5.96 Å². The summed E-state index contributed by atoms with van der Waals surface area (Å²) in [7, 11) is 5.93. The van der Waals surface area contributed by atoms with Crippen molar-refractivity contribution in [2.45, 2.75) is 32.2 Å². The number of carbonyl (C=O) groups excluding carboxylic acids is 1. The molecule has 1 aliphatic rings. The third kappa shape index (κ3) is 9.19. The van der Waals surface area contributed by atoms with Crippen molar-refractivity contribution in [2.75, 3.05) is 53.9 Å². The molecule has 0 atom stereocenters. The molecular weight excluding hydrogens is 409 g/mol. The Bertz CT molecular complexity index is 358. The van der Waals surface area contributed by atoms with Crippen molar-refractivity contribution in [3.63, 3.8) is 0 Å². The van der Waals surface area contributed by atoms with Gasteiger partial charge in [-0.3, -0.25) is 4.99 Å². The molecular formula is C15H32IN5O2. The molecule has 136 valence electrons. The fourth-order valence-electron chi connectivity index (χ4n) is 2.41. The van der Waals surface area contributed by atoms with E-state index in [-0.39, 0.29) is 30.1 Å². The van der Waals surface area contributed by atoms with Crippen LogP contribution in [0, 0.1) is 0 Å². The van der Waals surface area contributed by atoms with E-state index in [9.17, 15) is 4.79 Å². The van der Waals surface area contributed by atoms with Crippen molar-refractivity contribution in [3.8, 4) is 0 Å². The standard InChI is InChI=1S/C15H31N5O2.HI/c1-5-22-15(21)20-11-7-13(8-12-20)18-14(16-2)17-9-6-10-19(3)4;/h13H,5-12H2,1-4H3,(H2,16,17,18);1H. The van der Waals surface area contributed by atoms with Gasteiger partial charge in [-0.2, -0.15) is 0 Å². The van der Waals surface area contributed by atoms with Crippen molar-refractivity contribution in [2.24, 2.45) is 4.99 Å². The van der Waals surface area contributed by atoms with Crippen LogP contribution in [0.1, 0.15) is 26.2 Å². The lowest BCUT2D eigenvalue weighted by atomic mass is 10.1. The van der Waals surface area contributed by atoms with Gasteiger partial charge in [0.1, 0.15) is 0 Å². The second kappa shape index (κ2) is 12.6. The highest BCUT2D eigenvalue weighted by atomic mass is 127. The van der Waals surface area contributed by atoms with Gasteiger partial charge >= 0.3 is 6.09 Å².